The van der Waals surface area contributed by atoms with E-state index in [9.17, 15) is 14.9 Å². The second-order valence-electron chi connectivity index (χ2n) is 4.50. The van der Waals surface area contributed by atoms with Gasteiger partial charge >= 0.3 is 11.7 Å². The van der Waals surface area contributed by atoms with Crippen LogP contribution in [0.2, 0.25) is 0 Å². The summed E-state index contributed by atoms with van der Waals surface area (Å²) in [5.41, 5.74) is 1.46. The fourth-order valence-electron chi connectivity index (χ4n) is 1.83. The third-order valence-electron chi connectivity index (χ3n) is 2.83. The van der Waals surface area contributed by atoms with E-state index in [1.165, 1.54) is 24.4 Å². The SMILES string of the molecule is Cc1cnc(NCc2cccc(C(=O)O)c2)c([N+](=O)[O-])c1. The molecule has 0 saturated carbocycles. The van der Waals surface area contributed by atoms with E-state index in [1.54, 1.807) is 19.1 Å². The number of aromatic nitrogens is 1. The third-order valence-corrected chi connectivity index (χ3v) is 2.83. The van der Waals surface area contributed by atoms with Crippen molar-refractivity contribution in [2.24, 2.45) is 0 Å². The highest BCUT2D eigenvalue weighted by molar-refractivity contribution is 5.87. The first-order chi connectivity index (χ1) is 9.97. The smallest absolute Gasteiger partial charge is 0.335 e. The van der Waals surface area contributed by atoms with Gasteiger partial charge in [0.2, 0.25) is 5.82 Å². The molecule has 2 N–H and O–H groups in total. The Kier molecular flexibility index (Phi) is 4.13. The minimum atomic E-state index is -1.02. The number of aryl methyl sites for hydroxylation is 1. The van der Waals surface area contributed by atoms with Crippen molar-refractivity contribution in [1.29, 1.82) is 0 Å². The lowest BCUT2D eigenvalue weighted by Gasteiger charge is -2.07. The predicted octanol–water partition coefficient (Wildman–Crippen LogP) is 2.61. The molecule has 0 amide bonds. The quantitative estimate of drug-likeness (QED) is 0.646. The van der Waals surface area contributed by atoms with Crippen molar-refractivity contribution in [2.45, 2.75) is 13.5 Å². The molecular formula is C14H13N3O4. The normalized spacial score (nSPS) is 10.1. The van der Waals surface area contributed by atoms with Gasteiger partial charge in [-0.2, -0.15) is 0 Å². The molecule has 1 aromatic heterocycles. The van der Waals surface area contributed by atoms with Gasteiger partial charge in [0.1, 0.15) is 0 Å². The van der Waals surface area contributed by atoms with Gasteiger partial charge in [0.05, 0.1) is 10.5 Å². The van der Waals surface area contributed by atoms with Crippen LogP contribution in [0.1, 0.15) is 21.5 Å². The largest absolute Gasteiger partial charge is 0.478 e. The number of aromatic carboxylic acids is 1. The summed E-state index contributed by atoms with van der Waals surface area (Å²) in [5, 5.41) is 22.8. The molecule has 0 aliphatic carbocycles. The van der Waals surface area contributed by atoms with Gasteiger partial charge in [0, 0.05) is 18.8 Å². The summed E-state index contributed by atoms with van der Waals surface area (Å²) in [4.78, 5) is 25.4. The number of carboxylic acids is 1. The number of hydrogen-bond acceptors (Lipinski definition) is 5. The molecule has 1 heterocycles. The Labute approximate surface area is 120 Å². The van der Waals surface area contributed by atoms with E-state index < -0.39 is 10.9 Å². The highest BCUT2D eigenvalue weighted by atomic mass is 16.6. The number of carboxylic acid groups (broad SMARTS) is 1. The Balaban J connectivity index is 2.18. The van der Waals surface area contributed by atoms with E-state index in [1.807, 2.05) is 0 Å². The Morgan fingerprint density at radius 1 is 1.43 bits per heavy atom. The molecule has 0 aliphatic rings. The molecule has 2 aromatic rings. The van der Waals surface area contributed by atoms with E-state index in [0.717, 1.165) is 0 Å². The van der Waals surface area contributed by atoms with Crippen LogP contribution in [0.15, 0.2) is 36.5 Å². The summed E-state index contributed by atoms with van der Waals surface area (Å²) in [5.74, 6) is -0.859. The Bertz CT molecular complexity index is 700. The second-order valence-corrected chi connectivity index (χ2v) is 4.50. The van der Waals surface area contributed by atoms with Crippen LogP contribution in [-0.4, -0.2) is 21.0 Å². The topological polar surface area (TPSA) is 105 Å². The summed E-state index contributed by atoms with van der Waals surface area (Å²) in [6.45, 7) is 1.97. The number of benzene rings is 1. The molecule has 1 aromatic carbocycles. The zero-order valence-electron chi connectivity index (χ0n) is 11.2. The van der Waals surface area contributed by atoms with Crippen molar-refractivity contribution in [1.82, 2.24) is 4.98 Å². The molecule has 0 atom stereocenters. The highest BCUT2D eigenvalue weighted by Gasteiger charge is 2.15. The second kappa shape index (κ2) is 6.00. The fraction of sp³-hybridized carbons (Fsp3) is 0.143. The predicted molar refractivity (Wildman–Crippen MR) is 76.4 cm³/mol. The zero-order valence-corrected chi connectivity index (χ0v) is 11.2. The minimum absolute atomic E-state index is 0.107. The summed E-state index contributed by atoms with van der Waals surface area (Å²) in [6, 6.07) is 7.79. The lowest BCUT2D eigenvalue weighted by atomic mass is 10.1. The lowest BCUT2D eigenvalue weighted by molar-refractivity contribution is -0.384. The highest BCUT2D eigenvalue weighted by Crippen LogP contribution is 2.23. The average molecular weight is 287 g/mol. The molecule has 2 rings (SSSR count). The van der Waals surface area contributed by atoms with Crippen LogP contribution in [0.25, 0.3) is 0 Å². The van der Waals surface area contributed by atoms with Gasteiger partial charge in [0.25, 0.3) is 0 Å². The van der Waals surface area contributed by atoms with Gasteiger partial charge in [-0.25, -0.2) is 9.78 Å². The first-order valence-corrected chi connectivity index (χ1v) is 6.14. The van der Waals surface area contributed by atoms with Gasteiger partial charge in [-0.1, -0.05) is 12.1 Å². The zero-order chi connectivity index (χ0) is 15.4. The van der Waals surface area contributed by atoms with Gasteiger partial charge in [-0.05, 0) is 30.2 Å². The summed E-state index contributed by atoms with van der Waals surface area (Å²) in [6.07, 6.45) is 1.53. The van der Waals surface area contributed by atoms with E-state index in [2.05, 4.69) is 10.3 Å². The number of nitrogens with zero attached hydrogens (tertiary/aromatic N) is 2. The molecular weight excluding hydrogens is 274 g/mol. The maximum Gasteiger partial charge on any atom is 0.335 e. The number of anilines is 1. The Morgan fingerprint density at radius 2 is 2.19 bits per heavy atom. The van der Waals surface area contributed by atoms with Crippen LogP contribution >= 0.6 is 0 Å². The van der Waals surface area contributed by atoms with Gasteiger partial charge in [-0.3, -0.25) is 10.1 Å². The molecule has 0 unspecified atom stereocenters. The maximum absolute atomic E-state index is 11.0. The first kappa shape index (κ1) is 14.4. The molecule has 21 heavy (non-hydrogen) atoms. The number of hydrogen-bond donors (Lipinski definition) is 2. The standard InChI is InChI=1S/C14H13N3O4/c1-9-5-12(17(20)21)13(15-7-9)16-8-10-3-2-4-11(6-10)14(18)19/h2-7H,8H2,1H3,(H,15,16)(H,18,19). The van der Waals surface area contributed by atoms with Crippen molar-refractivity contribution in [3.63, 3.8) is 0 Å². The first-order valence-electron chi connectivity index (χ1n) is 6.14. The molecule has 7 nitrogen and oxygen atoms in total. The monoisotopic (exact) mass is 287 g/mol. The fourth-order valence-corrected chi connectivity index (χ4v) is 1.83. The number of carbonyl (C=O) groups is 1. The average Bonchev–Trinajstić information content (AvgIpc) is 2.46. The van der Waals surface area contributed by atoms with Crippen LogP contribution in [-0.2, 0) is 6.54 Å². The van der Waals surface area contributed by atoms with Crippen molar-refractivity contribution in [2.75, 3.05) is 5.32 Å². The van der Waals surface area contributed by atoms with Crippen molar-refractivity contribution < 1.29 is 14.8 Å². The van der Waals surface area contributed by atoms with E-state index in [4.69, 9.17) is 5.11 Å². The van der Waals surface area contributed by atoms with Crippen LogP contribution in [0, 0.1) is 17.0 Å². The molecule has 0 saturated heterocycles. The number of nitro groups is 1. The summed E-state index contributed by atoms with van der Waals surface area (Å²) >= 11 is 0. The third kappa shape index (κ3) is 3.53. The minimum Gasteiger partial charge on any atom is -0.478 e. The molecule has 0 bridgehead atoms. The van der Waals surface area contributed by atoms with Crippen LogP contribution in [0.3, 0.4) is 0 Å². The number of nitrogens with one attached hydrogen (secondary N) is 1. The summed E-state index contributed by atoms with van der Waals surface area (Å²) in [7, 11) is 0. The van der Waals surface area contributed by atoms with Crippen molar-refractivity contribution in [3.8, 4) is 0 Å². The Hall–Kier alpha value is -2.96. The van der Waals surface area contributed by atoms with Crippen LogP contribution in [0.4, 0.5) is 11.5 Å². The Morgan fingerprint density at radius 3 is 2.86 bits per heavy atom. The van der Waals surface area contributed by atoms with Gasteiger partial charge in [0.15, 0.2) is 0 Å². The maximum atomic E-state index is 11.0. The van der Waals surface area contributed by atoms with Crippen LogP contribution < -0.4 is 5.32 Å². The van der Waals surface area contributed by atoms with Crippen molar-refractivity contribution in [3.05, 3.63) is 63.3 Å². The van der Waals surface area contributed by atoms with Crippen molar-refractivity contribution >= 4 is 17.5 Å². The lowest BCUT2D eigenvalue weighted by Crippen LogP contribution is -2.06. The van der Waals surface area contributed by atoms with E-state index in [-0.39, 0.29) is 23.6 Å². The molecule has 0 fully saturated rings. The van der Waals surface area contributed by atoms with Crippen LogP contribution in [0.5, 0.6) is 0 Å². The van der Waals surface area contributed by atoms with Gasteiger partial charge < -0.3 is 10.4 Å². The number of pyridine rings is 1. The van der Waals surface area contributed by atoms with E-state index in [0.29, 0.717) is 11.1 Å². The molecule has 0 radical (unpaired) electrons. The van der Waals surface area contributed by atoms with Gasteiger partial charge in [-0.15, -0.1) is 0 Å². The number of rotatable bonds is 5. The molecule has 7 heteroatoms. The molecule has 108 valence electrons. The summed E-state index contributed by atoms with van der Waals surface area (Å²) < 4.78 is 0. The molecule has 0 spiro atoms. The molecule has 0 aliphatic heterocycles. The van der Waals surface area contributed by atoms with E-state index >= 15 is 0 Å².